The summed E-state index contributed by atoms with van der Waals surface area (Å²) in [6, 6.07) is 0.449. The van der Waals surface area contributed by atoms with E-state index in [1.807, 2.05) is 13.8 Å². The summed E-state index contributed by atoms with van der Waals surface area (Å²) in [5.41, 5.74) is 0. The van der Waals surface area contributed by atoms with E-state index in [4.69, 9.17) is 0 Å². The third-order valence-electron chi connectivity index (χ3n) is 3.71. The molecule has 1 heterocycles. The zero-order chi connectivity index (χ0) is 14.6. The second-order valence-corrected chi connectivity index (χ2v) is 8.03. The Morgan fingerprint density at radius 1 is 1.32 bits per heavy atom. The molecule has 114 valence electrons. The van der Waals surface area contributed by atoms with Crippen LogP contribution in [0.1, 0.15) is 40.5 Å². The summed E-state index contributed by atoms with van der Waals surface area (Å²) in [4.78, 5) is 0. The van der Waals surface area contributed by atoms with E-state index < -0.39 is 10.2 Å². The maximum Gasteiger partial charge on any atom is 0.281 e. The van der Waals surface area contributed by atoms with Crippen molar-refractivity contribution < 1.29 is 8.42 Å². The number of nitrogens with one attached hydrogen (secondary N) is 1. The SMILES string of the molecule is CC(C)NCC1CCCN(S(=O)(=O)N(C)C(C)C)C1. The molecule has 1 rings (SSSR count). The number of nitrogens with zero attached hydrogens (tertiary/aromatic N) is 2. The van der Waals surface area contributed by atoms with Crippen molar-refractivity contribution in [1.82, 2.24) is 13.9 Å². The summed E-state index contributed by atoms with van der Waals surface area (Å²) in [5, 5.41) is 3.40. The van der Waals surface area contributed by atoms with Gasteiger partial charge in [0.25, 0.3) is 10.2 Å². The Morgan fingerprint density at radius 3 is 2.47 bits per heavy atom. The second kappa shape index (κ2) is 7.02. The van der Waals surface area contributed by atoms with E-state index in [2.05, 4.69) is 19.2 Å². The fourth-order valence-electron chi connectivity index (χ4n) is 2.25. The van der Waals surface area contributed by atoms with Gasteiger partial charge in [-0.15, -0.1) is 0 Å². The third-order valence-corrected chi connectivity index (χ3v) is 5.85. The quantitative estimate of drug-likeness (QED) is 0.802. The average Bonchev–Trinajstić information content (AvgIpc) is 2.35. The standard InChI is InChI=1S/C13H29N3O2S/c1-11(2)14-9-13-7-6-8-16(10-13)19(17,18)15(5)12(3)4/h11-14H,6-10H2,1-5H3. The van der Waals surface area contributed by atoms with E-state index >= 15 is 0 Å². The number of rotatable bonds is 6. The number of hydrogen-bond donors (Lipinski definition) is 1. The monoisotopic (exact) mass is 291 g/mol. The van der Waals surface area contributed by atoms with Crippen LogP contribution in [0.15, 0.2) is 0 Å². The first-order valence-electron chi connectivity index (χ1n) is 7.21. The van der Waals surface area contributed by atoms with Crippen LogP contribution in [0.5, 0.6) is 0 Å². The van der Waals surface area contributed by atoms with Crippen LogP contribution in [0.25, 0.3) is 0 Å². The molecule has 0 aromatic carbocycles. The number of piperidine rings is 1. The van der Waals surface area contributed by atoms with Gasteiger partial charge in [0.2, 0.25) is 0 Å². The van der Waals surface area contributed by atoms with Crippen molar-refractivity contribution in [3.8, 4) is 0 Å². The van der Waals surface area contributed by atoms with Gasteiger partial charge < -0.3 is 5.32 Å². The molecular formula is C13H29N3O2S. The summed E-state index contributed by atoms with van der Waals surface area (Å²) in [5.74, 6) is 0.423. The first kappa shape index (κ1) is 16.9. The lowest BCUT2D eigenvalue weighted by Gasteiger charge is -2.35. The van der Waals surface area contributed by atoms with Crippen LogP contribution < -0.4 is 5.32 Å². The Hall–Kier alpha value is -0.170. The molecule has 0 spiro atoms. The Kier molecular flexibility index (Phi) is 6.23. The molecule has 1 N–H and O–H groups in total. The zero-order valence-electron chi connectivity index (χ0n) is 12.9. The molecule has 0 aromatic heterocycles. The van der Waals surface area contributed by atoms with E-state index in [1.54, 1.807) is 11.4 Å². The van der Waals surface area contributed by atoms with Crippen molar-refractivity contribution in [2.24, 2.45) is 5.92 Å². The van der Waals surface area contributed by atoms with Gasteiger partial charge in [-0.2, -0.15) is 17.0 Å². The van der Waals surface area contributed by atoms with Crippen molar-refractivity contribution in [3.05, 3.63) is 0 Å². The van der Waals surface area contributed by atoms with Crippen LogP contribution in [0.2, 0.25) is 0 Å². The minimum absolute atomic E-state index is 0.000773. The Bertz CT molecular complexity index is 368. The van der Waals surface area contributed by atoms with Gasteiger partial charge in [0.1, 0.15) is 0 Å². The lowest BCUT2D eigenvalue weighted by Crippen LogP contribution is -2.50. The summed E-state index contributed by atoms with van der Waals surface area (Å²) in [7, 11) is -1.63. The highest BCUT2D eigenvalue weighted by atomic mass is 32.2. The topological polar surface area (TPSA) is 52.7 Å². The molecule has 0 bridgehead atoms. The molecule has 0 amide bonds. The predicted octanol–water partition coefficient (Wildman–Crippen LogP) is 1.28. The Balaban J connectivity index is 2.63. The van der Waals surface area contributed by atoms with Crippen LogP contribution in [0, 0.1) is 5.92 Å². The van der Waals surface area contributed by atoms with Gasteiger partial charge >= 0.3 is 0 Å². The summed E-state index contributed by atoms with van der Waals surface area (Å²) in [6.45, 7) is 10.2. The first-order valence-corrected chi connectivity index (χ1v) is 8.61. The normalized spacial score (nSPS) is 22.6. The van der Waals surface area contributed by atoms with Crippen molar-refractivity contribution in [3.63, 3.8) is 0 Å². The first-order chi connectivity index (χ1) is 8.75. The molecule has 1 fully saturated rings. The molecule has 1 atom stereocenters. The van der Waals surface area contributed by atoms with Crippen molar-refractivity contribution in [2.45, 2.75) is 52.6 Å². The van der Waals surface area contributed by atoms with Gasteiger partial charge in [0.05, 0.1) is 0 Å². The van der Waals surface area contributed by atoms with Gasteiger partial charge in [-0.05, 0) is 39.2 Å². The molecule has 1 saturated heterocycles. The summed E-state index contributed by atoms with van der Waals surface area (Å²) >= 11 is 0. The van der Waals surface area contributed by atoms with E-state index in [0.29, 0.717) is 25.0 Å². The lowest BCUT2D eigenvalue weighted by atomic mass is 9.99. The molecule has 5 nitrogen and oxygen atoms in total. The fourth-order valence-corrected chi connectivity index (χ4v) is 3.91. The maximum absolute atomic E-state index is 12.4. The minimum Gasteiger partial charge on any atom is -0.314 e. The van der Waals surface area contributed by atoms with E-state index in [1.165, 1.54) is 4.31 Å². The second-order valence-electron chi connectivity index (χ2n) is 6.05. The van der Waals surface area contributed by atoms with Crippen LogP contribution >= 0.6 is 0 Å². The average molecular weight is 291 g/mol. The molecule has 1 aliphatic rings. The van der Waals surface area contributed by atoms with Gasteiger partial charge in [-0.3, -0.25) is 0 Å². The molecule has 1 aliphatic heterocycles. The highest BCUT2D eigenvalue weighted by Crippen LogP contribution is 2.21. The molecule has 0 saturated carbocycles. The minimum atomic E-state index is -3.29. The number of hydrogen-bond acceptors (Lipinski definition) is 3. The van der Waals surface area contributed by atoms with Gasteiger partial charge in [0, 0.05) is 32.2 Å². The highest BCUT2D eigenvalue weighted by Gasteiger charge is 2.32. The molecule has 19 heavy (non-hydrogen) atoms. The largest absolute Gasteiger partial charge is 0.314 e. The van der Waals surface area contributed by atoms with Gasteiger partial charge in [-0.1, -0.05) is 13.8 Å². The summed E-state index contributed by atoms with van der Waals surface area (Å²) in [6.07, 6.45) is 2.06. The lowest BCUT2D eigenvalue weighted by molar-refractivity contribution is 0.238. The van der Waals surface area contributed by atoms with Gasteiger partial charge in [0.15, 0.2) is 0 Å². The van der Waals surface area contributed by atoms with E-state index in [0.717, 1.165) is 19.4 Å². The molecule has 6 heteroatoms. The Morgan fingerprint density at radius 2 is 1.95 bits per heavy atom. The third kappa shape index (κ3) is 4.70. The molecule has 1 unspecified atom stereocenters. The van der Waals surface area contributed by atoms with Crippen molar-refractivity contribution in [2.75, 3.05) is 26.7 Å². The van der Waals surface area contributed by atoms with Crippen LogP contribution in [0.4, 0.5) is 0 Å². The van der Waals surface area contributed by atoms with Crippen LogP contribution in [-0.4, -0.2) is 55.8 Å². The van der Waals surface area contributed by atoms with Crippen molar-refractivity contribution >= 4 is 10.2 Å². The van der Waals surface area contributed by atoms with Gasteiger partial charge in [-0.25, -0.2) is 0 Å². The molecule has 0 aliphatic carbocycles. The zero-order valence-corrected chi connectivity index (χ0v) is 13.7. The maximum atomic E-state index is 12.4. The van der Waals surface area contributed by atoms with E-state index in [9.17, 15) is 8.42 Å². The van der Waals surface area contributed by atoms with Crippen LogP contribution in [-0.2, 0) is 10.2 Å². The summed E-state index contributed by atoms with van der Waals surface area (Å²) < 4.78 is 28.0. The van der Waals surface area contributed by atoms with E-state index in [-0.39, 0.29) is 6.04 Å². The Labute approximate surface area is 118 Å². The predicted molar refractivity (Wildman–Crippen MR) is 79.3 cm³/mol. The van der Waals surface area contributed by atoms with Crippen molar-refractivity contribution in [1.29, 1.82) is 0 Å². The smallest absolute Gasteiger partial charge is 0.281 e. The van der Waals surface area contributed by atoms with Crippen LogP contribution in [0.3, 0.4) is 0 Å². The highest BCUT2D eigenvalue weighted by molar-refractivity contribution is 7.86. The molecule has 0 radical (unpaired) electrons. The molecule has 0 aromatic rings. The fraction of sp³-hybridized carbons (Fsp3) is 1.00. The molecular weight excluding hydrogens is 262 g/mol.